The van der Waals surface area contributed by atoms with Crippen molar-refractivity contribution >= 4 is 11.4 Å². The van der Waals surface area contributed by atoms with Crippen LogP contribution in [0.4, 0.5) is 11.4 Å². The van der Waals surface area contributed by atoms with E-state index in [0.717, 1.165) is 12.2 Å². The van der Waals surface area contributed by atoms with Gasteiger partial charge in [-0.1, -0.05) is 0 Å². The van der Waals surface area contributed by atoms with Gasteiger partial charge in [0.25, 0.3) is 0 Å². The lowest BCUT2D eigenvalue weighted by Crippen LogP contribution is -2.56. The van der Waals surface area contributed by atoms with Gasteiger partial charge in [-0.3, -0.25) is 0 Å². The minimum absolute atomic E-state index is 0.273. The number of likely N-dealkylation sites (N-methyl/N-ethyl adjacent to an activating group) is 2. The van der Waals surface area contributed by atoms with E-state index >= 15 is 0 Å². The summed E-state index contributed by atoms with van der Waals surface area (Å²) in [6.45, 7) is 0.968. The largest absolute Gasteiger partial charge is 0.397 e. The molecule has 1 aromatic carbocycles. The third-order valence-electron chi connectivity index (χ3n) is 4.33. The van der Waals surface area contributed by atoms with Crippen LogP contribution in [0.3, 0.4) is 0 Å². The van der Waals surface area contributed by atoms with Crippen molar-refractivity contribution in [3.63, 3.8) is 0 Å². The summed E-state index contributed by atoms with van der Waals surface area (Å²) in [5.74, 6) is 0. The quantitative estimate of drug-likeness (QED) is 0.840. The molecule has 1 fully saturated rings. The van der Waals surface area contributed by atoms with E-state index in [1.165, 1.54) is 19.3 Å². The average molecular weight is 258 g/mol. The van der Waals surface area contributed by atoms with E-state index in [0.29, 0.717) is 11.3 Å². The van der Waals surface area contributed by atoms with Crippen molar-refractivity contribution in [3.05, 3.63) is 23.8 Å². The zero-order valence-electron chi connectivity index (χ0n) is 12.0. The number of hydrogen-bond donors (Lipinski definition) is 1. The van der Waals surface area contributed by atoms with Crippen molar-refractivity contribution in [2.45, 2.75) is 24.8 Å². The molecule has 0 heterocycles. The Kier molecular flexibility index (Phi) is 3.68. The van der Waals surface area contributed by atoms with E-state index in [-0.39, 0.29) is 5.54 Å². The second-order valence-electron chi connectivity index (χ2n) is 5.71. The van der Waals surface area contributed by atoms with Crippen LogP contribution in [0.25, 0.3) is 0 Å². The van der Waals surface area contributed by atoms with Crippen LogP contribution in [-0.4, -0.2) is 38.1 Å². The number of hydrogen-bond acceptors (Lipinski definition) is 4. The number of rotatable bonds is 4. The summed E-state index contributed by atoms with van der Waals surface area (Å²) in [6, 6.07) is 7.63. The summed E-state index contributed by atoms with van der Waals surface area (Å²) in [7, 11) is 6.37. The molecule has 0 saturated heterocycles. The van der Waals surface area contributed by atoms with Crippen molar-refractivity contribution in [1.82, 2.24) is 4.90 Å². The van der Waals surface area contributed by atoms with Gasteiger partial charge >= 0.3 is 0 Å². The van der Waals surface area contributed by atoms with Gasteiger partial charge in [-0.2, -0.15) is 5.26 Å². The molecule has 1 aromatic rings. The summed E-state index contributed by atoms with van der Waals surface area (Å²) in [6.07, 6.45) is 3.77. The highest BCUT2D eigenvalue weighted by Crippen LogP contribution is 2.38. The molecule has 0 spiro atoms. The first-order valence-corrected chi connectivity index (χ1v) is 6.67. The molecule has 0 bridgehead atoms. The van der Waals surface area contributed by atoms with Crippen molar-refractivity contribution in [3.8, 4) is 6.07 Å². The fraction of sp³-hybridized carbons (Fsp3) is 0.533. The zero-order valence-corrected chi connectivity index (χ0v) is 12.0. The van der Waals surface area contributed by atoms with E-state index in [1.807, 2.05) is 12.1 Å². The Labute approximate surface area is 115 Å². The van der Waals surface area contributed by atoms with Gasteiger partial charge in [-0.25, -0.2) is 0 Å². The molecule has 0 unspecified atom stereocenters. The molecule has 4 nitrogen and oxygen atoms in total. The fourth-order valence-electron chi connectivity index (χ4n) is 2.83. The SMILES string of the molecule is CN(CC1(N(C)C)CCC1)c1ccc(C#N)cc1N. The predicted molar refractivity (Wildman–Crippen MR) is 79.1 cm³/mol. The molecule has 2 rings (SSSR count). The first-order valence-electron chi connectivity index (χ1n) is 6.67. The lowest BCUT2D eigenvalue weighted by atomic mass is 9.75. The molecule has 0 aliphatic heterocycles. The van der Waals surface area contributed by atoms with Crippen molar-refractivity contribution in [2.24, 2.45) is 0 Å². The molecule has 4 heteroatoms. The van der Waals surface area contributed by atoms with E-state index in [4.69, 9.17) is 11.0 Å². The van der Waals surface area contributed by atoms with Gasteiger partial charge in [0.2, 0.25) is 0 Å². The second kappa shape index (κ2) is 5.10. The molecule has 0 amide bonds. The molecule has 2 N–H and O–H groups in total. The van der Waals surface area contributed by atoms with Gasteiger partial charge in [0.05, 0.1) is 23.0 Å². The Balaban J connectivity index is 2.16. The van der Waals surface area contributed by atoms with Crippen LogP contribution in [0.1, 0.15) is 24.8 Å². The van der Waals surface area contributed by atoms with Gasteiger partial charge < -0.3 is 15.5 Å². The van der Waals surface area contributed by atoms with Crippen LogP contribution in [-0.2, 0) is 0 Å². The molecular formula is C15H22N4. The fourth-order valence-corrected chi connectivity index (χ4v) is 2.83. The molecule has 1 aliphatic carbocycles. The maximum absolute atomic E-state index is 8.87. The number of nitrogen functional groups attached to an aromatic ring is 1. The number of anilines is 2. The van der Waals surface area contributed by atoms with E-state index < -0.39 is 0 Å². The summed E-state index contributed by atoms with van der Waals surface area (Å²) in [5, 5.41) is 8.87. The molecule has 0 radical (unpaired) electrons. The van der Waals surface area contributed by atoms with E-state index in [2.05, 4.69) is 37.0 Å². The molecular weight excluding hydrogens is 236 g/mol. The highest BCUT2D eigenvalue weighted by Gasteiger charge is 2.40. The molecule has 1 saturated carbocycles. The number of nitriles is 1. The Morgan fingerprint density at radius 3 is 2.42 bits per heavy atom. The molecule has 19 heavy (non-hydrogen) atoms. The van der Waals surface area contributed by atoms with Crippen molar-refractivity contribution in [1.29, 1.82) is 5.26 Å². The minimum atomic E-state index is 0.273. The number of nitrogens with zero attached hydrogens (tertiary/aromatic N) is 3. The summed E-state index contributed by atoms with van der Waals surface area (Å²) in [5.41, 5.74) is 8.61. The third-order valence-corrected chi connectivity index (χ3v) is 4.33. The normalized spacial score (nSPS) is 16.8. The maximum atomic E-state index is 8.87. The molecule has 1 aliphatic rings. The molecule has 102 valence electrons. The Morgan fingerprint density at radius 2 is 2.00 bits per heavy atom. The summed E-state index contributed by atoms with van der Waals surface area (Å²) < 4.78 is 0. The van der Waals surface area contributed by atoms with E-state index in [1.54, 1.807) is 6.07 Å². The summed E-state index contributed by atoms with van der Waals surface area (Å²) in [4.78, 5) is 4.53. The van der Waals surface area contributed by atoms with Gasteiger partial charge in [-0.15, -0.1) is 0 Å². The van der Waals surface area contributed by atoms with Gasteiger partial charge in [0.15, 0.2) is 0 Å². The maximum Gasteiger partial charge on any atom is 0.0992 e. The third kappa shape index (κ3) is 2.52. The smallest absolute Gasteiger partial charge is 0.0992 e. The van der Waals surface area contributed by atoms with Crippen molar-refractivity contribution in [2.75, 3.05) is 38.3 Å². The monoisotopic (exact) mass is 258 g/mol. The Hall–Kier alpha value is -1.73. The topological polar surface area (TPSA) is 56.3 Å². The first kappa shape index (κ1) is 13.7. The average Bonchev–Trinajstić information content (AvgIpc) is 2.32. The van der Waals surface area contributed by atoms with Crippen LogP contribution in [0.15, 0.2) is 18.2 Å². The highest BCUT2D eigenvalue weighted by atomic mass is 15.2. The summed E-state index contributed by atoms with van der Waals surface area (Å²) >= 11 is 0. The Morgan fingerprint density at radius 1 is 1.32 bits per heavy atom. The standard InChI is InChI=1S/C15H22N4/c1-18(2)15(7-4-8-15)11-19(3)14-6-5-12(10-16)9-13(14)17/h5-6,9H,4,7-8,11,17H2,1-3H3. The Bertz CT molecular complexity index is 497. The predicted octanol–water partition coefficient (Wildman–Crippen LogP) is 2.06. The van der Waals surface area contributed by atoms with Gasteiger partial charge in [-0.05, 0) is 51.6 Å². The lowest BCUT2D eigenvalue weighted by Gasteiger charge is -2.49. The van der Waals surface area contributed by atoms with Crippen molar-refractivity contribution < 1.29 is 0 Å². The number of nitrogens with two attached hydrogens (primary N) is 1. The zero-order chi connectivity index (χ0) is 14.0. The van der Waals surface area contributed by atoms with Crippen LogP contribution in [0, 0.1) is 11.3 Å². The first-order chi connectivity index (χ1) is 8.98. The van der Waals surface area contributed by atoms with E-state index in [9.17, 15) is 0 Å². The van der Waals surface area contributed by atoms with Crippen LogP contribution >= 0.6 is 0 Å². The highest BCUT2D eigenvalue weighted by molar-refractivity contribution is 5.69. The van der Waals surface area contributed by atoms with Gasteiger partial charge in [0.1, 0.15) is 0 Å². The molecule has 0 aromatic heterocycles. The minimum Gasteiger partial charge on any atom is -0.397 e. The number of benzene rings is 1. The second-order valence-corrected chi connectivity index (χ2v) is 5.71. The molecule has 0 atom stereocenters. The van der Waals surface area contributed by atoms with Crippen LogP contribution < -0.4 is 10.6 Å². The lowest BCUT2D eigenvalue weighted by molar-refractivity contribution is 0.0683. The van der Waals surface area contributed by atoms with Crippen LogP contribution in [0.5, 0.6) is 0 Å². The van der Waals surface area contributed by atoms with Crippen LogP contribution in [0.2, 0.25) is 0 Å². The van der Waals surface area contributed by atoms with Gasteiger partial charge in [0, 0.05) is 19.1 Å².